The largest absolute Gasteiger partial charge is 0.465 e. The summed E-state index contributed by atoms with van der Waals surface area (Å²) in [5.41, 5.74) is 6.94. The maximum absolute atomic E-state index is 13.1. The zero-order valence-corrected chi connectivity index (χ0v) is 16.8. The lowest BCUT2D eigenvalue weighted by molar-refractivity contribution is -0.136. The Morgan fingerprint density at radius 1 is 1.21 bits per heavy atom. The second-order valence-electron chi connectivity index (χ2n) is 6.10. The van der Waals surface area contributed by atoms with Crippen molar-refractivity contribution in [3.05, 3.63) is 84.6 Å². The van der Waals surface area contributed by atoms with Crippen molar-refractivity contribution in [3.63, 3.8) is 0 Å². The van der Waals surface area contributed by atoms with Gasteiger partial charge < -0.3 is 15.2 Å². The summed E-state index contributed by atoms with van der Waals surface area (Å²) >= 11 is 13.5. The number of hydrogen-bond donors (Lipinski definition) is 1. The average Bonchev–Trinajstić information content (AvgIpc) is 2.67. The fraction of sp³-hybridized carbons (Fsp3) is 0.100. The van der Waals surface area contributed by atoms with Gasteiger partial charge in [-0.1, -0.05) is 52.7 Å². The standard InChI is InChI=1S/C20H13Cl2NO4S/c1-26-19(24)16-14(10-7-6-9(21)8-12(10)22)15-17(27-18(16)23)11-4-2-3-5-13(11)28-20(15)25/h2-8,14H,23H2,1H3/t14-/m0/s1. The van der Waals surface area contributed by atoms with Gasteiger partial charge >= 0.3 is 5.97 Å². The topological polar surface area (TPSA) is 78.6 Å². The van der Waals surface area contributed by atoms with Crippen LogP contribution in [0.2, 0.25) is 10.0 Å². The summed E-state index contributed by atoms with van der Waals surface area (Å²) in [6.07, 6.45) is 0. The molecule has 0 aliphatic carbocycles. The predicted molar refractivity (Wildman–Crippen MR) is 110 cm³/mol. The Morgan fingerprint density at radius 2 is 1.96 bits per heavy atom. The van der Waals surface area contributed by atoms with Gasteiger partial charge in [0.2, 0.25) is 10.6 Å². The van der Waals surface area contributed by atoms with Crippen molar-refractivity contribution in [2.45, 2.75) is 5.92 Å². The molecule has 4 rings (SSSR count). The van der Waals surface area contributed by atoms with Gasteiger partial charge in [-0.25, -0.2) is 4.79 Å². The van der Waals surface area contributed by atoms with E-state index in [1.54, 1.807) is 18.2 Å². The van der Waals surface area contributed by atoms with Crippen LogP contribution < -0.4 is 15.2 Å². The molecule has 5 nitrogen and oxygen atoms in total. The van der Waals surface area contributed by atoms with Crippen molar-refractivity contribution >= 4 is 50.6 Å². The van der Waals surface area contributed by atoms with Gasteiger partial charge in [-0.3, -0.25) is 4.79 Å². The van der Waals surface area contributed by atoms with Crippen LogP contribution in [-0.4, -0.2) is 13.1 Å². The van der Waals surface area contributed by atoms with Crippen LogP contribution in [0.25, 0.3) is 10.1 Å². The summed E-state index contributed by atoms with van der Waals surface area (Å²) in [7, 11) is 1.24. The minimum absolute atomic E-state index is 0.0267. The van der Waals surface area contributed by atoms with Gasteiger partial charge in [-0.05, 0) is 29.8 Å². The van der Waals surface area contributed by atoms with Gasteiger partial charge in [0, 0.05) is 20.1 Å². The van der Waals surface area contributed by atoms with Crippen molar-refractivity contribution in [1.82, 2.24) is 0 Å². The lowest BCUT2D eigenvalue weighted by Crippen LogP contribution is -2.30. The first-order valence-electron chi connectivity index (χ1n) is 8.19. The van der Waals surface area contributed by atoms with Crippen LogP contribution in [0.3, 0.4) is 0 Å². The highest BCUT2D eigenvalue weighted by molar-refractivity contribution is 7.16. The average molecular weight is 434 g/mol. The van der Waals surface area contributed by atoms with Gasteiger partial charge in [-0.2, -0.15) is 0 Å². The highest BCUT2D eigenvalue weighted by Crippen LogP contribution is 2.46. The summed E-state index contributed by atoms with van der Waals surface area (Å²) in [5.74, 6) is -1.34. The summed E-state index contributed by atoms with van der Waals surface area (Å²) in [6.45, 7) is 0. The Bertz CT molecular complexity index is 1220. The number of esters is 1. The monoisotopic (exact) mass is 433 g/mol. The minimum atomic E-state index is -0.839. The second kappa shape index (κ2) is 7.13. The molecule has 0 amide bonds. The van der Waals surface area contributed by atoms with Crippen LogP contribution in [0, 0.1) is 0 Å². The highest BCUT2D eigenvalue weighted by atomic mass is 35.5. The molecule has 142 valence electrons. The smallest absolute Gasteiger partial charge is 0.340 e. The van der Waals surface area contributed by atoms with Crippen molar-refractivity contribution in [2.75, 3.05) is 7.11 Å². The van der Waals surface area contributed by atoms with E-state index in [2.05, 4.69) is 0 Å². The molecular formula is C20H13Cl2NO4S. The van der Waals surface area contributed by atoms with Crippen LogP contribution in [0.1, 0.15) is 17.0 Å². The second-order valence-corrected chi connectivity index (χ2v) is 7.96. The molecule has 8 heteroatoms. The van der Waals surface area contributed by atoms with Gasteiger partial charge in [0.25, 0.3) is 0 Å². The number of ether oxygens (including phenoxy) is 2. The molecule has 0 saturated heterocycles. The SMILES string of the molecule is COC(=O)C1=C(N)Oc2c(c(=O)sc3ccccc23)[C@@H]1c1ccc(Cl)cc1Cl. The fourth-order valence-electron chi connectivity index (χ4n) is 3.32. The normalized spacial score (nSPS) is 15.9. The van der Waals surface area contributed by atoms with Crippen LogP contribution in [0.15, 0.2) is 58.7 Å². The lowest BCUT2D eigenvalue weighted by atomic mass is 9.83. The van der Waals surface area contributed by atoms with Crippen molar-refractivity contribution in [2.24, 2.45) is 5.73 Å². The zero-order chi connectivity index (χ0) is 20.0. The molecule has 0 radical (unpaired) electrons. The number of halogens is 2. The molecule has 0 unspecified atom stereocenters. The Balaban J connectivity index is 2.10. The molecule has 1 aliphatic heterocycles. The molecule has 1 aliphatic rings. The maximum atomic E-state index is 13.1. The number of benzene rings is 2. The van der Waals surface area contributed by atoms with Crippen LogP contribution in [0.4, 0.5) is 0 Å². The van der Waals surface area contributed by atoms with Crippen molar-refractivity contribution < 1.29 is 14.3 Å². The maximum Gasteiger partial charge on any atom is 0.340 e. The summed E-state index contributed by atoms with van der Waals surface area (Å²) < 4.78 is 11.2. The van der Waals surface area contributed by atoms with Crippen LogP contribution >= 0.6 is 34.5 Å². The van der Waals surface area contributed by atoms with Crippen LogP contribution in [0.5, 0.6) is 5.75 Å². The molecule has 0 saturated carbocycles. The summed E-state index contributed by atoms with van der Waals surface area (Å²) in [5, 5.41) is 1.46. The minimum Gasteiger partial charge on any atom is -0.465 e. The van der Waals surface area contributed by atoms with E-state index >= 15 is 0 Å². The number of fused-ring (bicyclic) bond motifs is 3. The summed E-state index contributed by atoms with van der Waals surface area (Å²) in [6, 6.07) is 12.2. The third-order valence-corrected chi connectivity index (χ3v) is 6.08. The number of hydrogen-bond acceptors (Lipinski definition) is 6. The molecule has 28 heavy (non-hydrogen) atoms. The molecule has 0 bridgehead atoms. The van der Waals surface area contributed by atoms with E-state index in [4.69, 9.17) is 38.4 Å². The molecule has 3 aromatic rings. The Hall–Kier alpha value is -2.54. The molecule has 2 N–H and O–H groups in total. The summed E-state index contributed by atoms with van der Waals surface area (Å²) in [4.78, 5) is 25.6. The molecule has 1 atom stereocenters. The lowest BCUT2D eigenvalue weighted by Gasteiger charge is -2.28. The van der Waals surface area contributed by atoms with Gasteiger partial charge in [0.05, 0.1) is 18.6 Å². The first-order valence-corrected chi connectivity index (χ1v) is 9.76. The quantitative estimate of drug-likeness (QED) is 0.604. The molecular weight excluding hydrogens is 421 g/mol. The third-order valence-electron chi connectivity index (χ3n) is 4.53. The van der Waals surface area contributed by atoms with E-state index in [0.29, 0.717) is 26.9 Å². The van der Waals surface area contributed by atoms with Crippen LogP contribution in [-0.2, 0) is 9.53 Å². The number of rotatable bonds is 2. The first-order chi connectivity index (χ1) is 13.4. The fourth-order valence-corrected chi connectivity index (χ4v) is 4.78. The number of carbonyl (C=O) groups excluding carboxylic acids is 1. The van der Waals surface area contributed by atoms with Gasteiger partial charge in [0.1, 0.15) is 11.3 Å². The van der Waals surface area contributed by atoms with E-state index < -0.39 is 11.9 Å². The number of methoxy groups -OCH3 is 1. The molecule has 0 spiro atoms. The van der Waals surface area contributed by atoms with E-state index in [1.165, 1.54) is 7.11 Å². The van der Waals surface area contributed by atoms with E-state index in [1.807, 2.05) is 24.3 Å². The Labute approximate surface area is 173 Å². The van der Waals surface area contributed by atoms with Gasteiger partial charge in [0.15, 0.2) is 0 Å². The molecule has 2 heterocycles. The molecule has 2 aromatic carbocycles. The third kappa shape index (κ3) is 2.94. The highest BCUT2D eigenvalue weighted by Gasteiger charge is 2.39. The van der Waals surface area contributed by atoms with Crippen molar-refractivity contribution in [3.8, 4) is 5.75 Å². The van der Waals surface area contributed by atoms with E-state index in [-0.39, 0.29) is 16.2 Å². The molecule has 0 fully saturated rings. The van der Waals surface area contributed by atoms with E-state index in [9.17, 15) is 9.59 Å². The Kier molecular flexibility index (Phi) is 4.79. The predicted octanol–water partition coefficient (Wildman–Crippen LogP) is 4.44. The Morgan fingerprint density at radius 3 is 2.68 bits per heavy atom. The number of nitrogens with two attached hydrogens (primary N) is 1. The first kappa shape index (κ1) is 18.8. The molecule has 1 aromatic heterocycles. The van der Waals surface area contributed by atoms with Crippen molar-refractivity contribution in [1.29, 1.82) is 0 Å². The number of carbonyl (C=O) groups is 1. The zero-order valence-electron chi connectivity index (χ0n) is 14.5. The van der Waals surface area contributed by atoms with Gasteiger partial charge in [-0.15, -0.1) is 0 Å². The van der Waals surface area contributed by atoms with E-state index in [0.717, 1.165) is 21.4 Å².